The molecule has 0 aliphatic carbocycles. The summed E-state index contributed by atoms with van der Waals surface area (Å²) in [6.07, 6.45) is 0. The summed E-state index contributed by atoms with van der Waals surface area (Å²) in [5.74, 6) is 0. The van der Waals surface area contributed by atoms with Crippen molar-refractivity contribution < 1.29 is 12.3 Å². The second-order valence-corrected chi connectivity index (χ2v) is 2.75. The summed E-state index contributed by atoms with van der Waals surface area (Å²) in [5, 5.41) is -0.346. The van der Waals surface area contributed by atoms with Crippen LogP contribution in [0.3, 0.4) is 0 Å². The standard InChI is InChI=1S/C14H9/c1-3-7-13-11(5-1)9-10-12-6-2-4-8-14(12)13/h1-5,7-10H/i1D,2D,3D,4D,5D,7D,8D,9D,10D. The topological polar surface area (TPSA) is 0 Å². The Morgan fingerprint density at radius 3 is 2.71 bits per heavy atom. The van der Waals surface area contributed by atoms with Gasteiger partial charge in [-0.1, -0.05) is 54.4 Å². The Labute approximate surface area is 95.4 Å². The van der Waals surface area contributed by atoms with Crippen molar-refractivity contribution in [3.05, 3.63) is 60.4 Å². The summed E-state index contributed by atoms with van der Waals surface area (Å²) in [4.78, 5) is 0. The van der Waals surface area contributed by atoms with Crippen LogP contribution in [0.4, 0.5) is 0 Å². The summed E-state index contributed by atoms with van der Waals surface area (Å²) < 4.78 is 71.0. The Bertz CT molecular complexity index is 1010. The Morgan fingerprint density at radius 1 is 0.857 bits per heavy atom. The van der Waals surface area contributed by atoms with E-state index in [0.717, 1.165) is 0 Å². The molecule has 65 valence electrons. The smallest absolute Gasteiger partial charge is 0.0616 e. The van der Waals surface area contributed by atoms with Crippen molar-refractivity contribution in [2.24, 2.45) is 0 Å². The summed E-state index contributed by atoms with van der Waals surface area (Å²) in [6.45, 7) is 0. The molecule has 3 aromatic rings. The van der Waals surface area contributed by atoms with Crippen molar-refractivity contribution in [3.8, 4) is 0 Å². The van der Waals surface area contributed by atoms with Crippen LogP contribution < -0.4 is 0 Å². The lowest BCUT2D eigenvalue weighted by atomic mass is 10.0. The number of rotatable bonds is 0. The van der Waals surface area contributed by atoms with Crippen LogP contribution in [0.15, 0.2) is 54.4 Å². The molecule has 0 atom stereocenters. The molecule has 0 spiro atoms. The third-order valence-electron chi connectivity index (χ3n) is 1.94. The molecule has 0 aliphatic rings. The molecule has 0 amide bonds. The maximum Gasteiger partial charge on any atom is 0.0630 e. The SMILES string of the molecule is [2H]c1[c]c2c([2H])c([2H])c3c([2H])c([2H])c([2H])c([2H])c3c2c([2H])c1[2H]. The molecule has 0 fully saturated rings. The highest BCUT2D eigenvalue weighted by molar-refractivity contribution is 6.07. The van der Waals surface area contributed by atoms with Crippen LogP contribution in [0.5, 0.6) is 0 Å². The molecule has 3 aromatic carbocycles. The van der Waals surface area contributed by atoms with E-state index in [9.17, 15) is 0 Å². The monoisotopic (exact) mass is 186 g/mol. The van der Waals surface area contributed by atoms with Gasteiger partial charge in [-0.15, -0.1) is 0 Å². The first-order valence-corrected chi connectivity index (χ1v) is 4.00. The van der Waals surface area contributed by atoms with Gasteiger partial charge in [0.25, 0.3) is 0 Å². The van der Waals surface area contributed by atoms with Gasteiger partial charge in [-0.25, -0.2) is 0 Å². The first-order valence-electron chi connectivity index (χ1n) is 8.50. The Balaban J connectivity index is 2.82. The van der Waals surface area contributed by atoms with E-state index in [1.54, 1.807) is 0 Å². The van der Waals surface area contributed by atoms with Crippen LogP contribution >= 0.6 is 0 Å². The highest BCUT2D eigenvalue weighted by Gasteiger charge is 1.97. The maximum atomic E-state index is 8.06. The van der Waals surface area contributed by atoms with Crippen LogP contribution in [0, 0.1) is 6.07 Å². The molecule has 0 N–H and O–H groups in total. The van der Waals surface area contributed by atoms with Gasteiger partial charge in [0.15, 0.2) is 0 Å². The molecule has 0 unspecified atom stereocenters. The van der Waals surface area contributed by atoms with Gasteiger partial charge in [-0.2, -0.15) is 0 Å². The number of hydrogen-bond acceptors (Lipinski definition) is 0. The predicted molar refractivity (Wildman–Crippen MR) is 60.3 cm³/mol. The number of fused-ring (bicyclic) bond motifs is 3. The van der Waals surface area contributed by atoms with Gasteiger partial charge in [0, 0.05) is 0 Å². The lowest BCUT2D eigenvalue weighted by Crippen LogP contribution is -1.75. The minimum Gasteiger partial charge on any atom is -0.0616 e. The van der Waals surface area contributed by atoms with Gasteiger partial charge in [0.1, 0.15) is 0 Å². The number of benzene rings is 3. The highest BCUT2D eigenvalue weighted by Crippen LogP contribution is 2.24. The van der Waals surface area contributed by atoms with Crippen molar-refractivity contribution in [2.45, 2.75) is 0 Å². The summed E-state index contributed by atoms with van der Waals surface area (Å²) in [6, 6.07) is -1.47. The van der Waals surface area contributed by atoms with E-state index < -0.39 is 48.3 Å². The lowest BCUT2D eigenvalue weighted by molar-refractivity contribution is 1.76. The van der Waals surface area contributed by atoms with Crippen LogP contribution in [-0.2, 0) is 0 Å². The summed E-state index contributed by atoms with van der Waals surface area (Å²) in [7, 11) is 0. The minimum atomic E-state index is -0.520. The first kappa shape index (κ1) is 2.83. The Hall–Kier alpha value is -1.82. The molecular formula is C14H9. The molecule has 1 radical (unpaired) electrons. The third-order valence-corrected chi connectivity index (χ3v) is 1.94. The Morgan fingerprint density at radius 2 is 1.71 bits per heavy atom. The minimum absolute atomic E-state index is 0.0472. The van der Waals surface area contributed by atoms with Gasteiger partial charge in [-0.05, 0) is 27.6 Å². The van der Waals surface area contributed by atoms with Crippen molar-refractivity contribution in [1.82, 2.24) is 0 Å². The molecule has 0 heteroatoms. The molecule has 0 nitrogen and oxygen atoms in total. The zero-order valence-electron chi connectivity index (χ0n) is 16.0. The van der Waals surface area contributed by atoms with E-state index in [1.807, 2.05) is 0 Å². The van der Waals surface area contributed by atoms with Gasteiger partial charge >= 0.3 is 0 Å². The van der Waals surface area contributed by atoms with E-state index in [4.69, 9.17) is 12.3 Å². The van der Waals surface area contributed by atoms with Crippen molar-refractivity contribution in [1.29, 1.82) is 0 Å². The highest BCUT2D eigenvalue weighted by atomic mass is 14.0. The van der Waals surface area contributed by atoms with E-state index in [0.29, 0.717) is 0 Å². The molecule has 0 aromatic heterocycles. The zero-order chi connectivity index (χ0) is 17.2. The fraction of sp³-hybridized carbons (Fsp3) is 0. The number of hydrogen-bond donors (Lipinski definition) is 0. The van der Waals surface area contributed by atoms with E-state index in [1.165, 1.54) is 0 Å². The summed E-state index contributed by atoms with van der Waals surface area (Å²) in [5.41, 5.74) is 0. The molecule has 3 rings (SSSR count). The molecule has 0 saturated heterocycles. The van der Waals surface area contributed by atoms with Crippen LogP contribution in [0.25, 0.3) is 21.5 Å². The largest absolute Gasteiger partial charge is 0.0630 e. The average molecular weight is 186 g/mol. The van der Waals surface area contributed by atoms with Crippen LogP contribution in [0.1, 0.15) is 12.3 Å². The predicted octanol–water partition coefficient (Wildman–Crippen LogP) is 3.79. The van der Waals surface area contributed by atoms with E-state index in [2.05, 4.69) is 6.07 Å². The van der Waals surface area contributed by atoms with E-state index >= 15 is 0 Å². The zero-order valence-corrected chi connectivity index (χ0v) is 7.00. The fourth-order valence-corrected chi connectivity index (χ4v) is 1.31. The van der Waals surface area contributed by atoms with Gasteiger partial charge < -0.3 is 0 Å². The molecule has 0 bridgehead atoms. The maximum absolute atomic E-state index is 8.06. The lowest BCUT2D eigenvalue weighted by Gasteiger charge is -2.01. The van der Waals surface area contributed by atoms with Crippen LogP contribution in [-0.4, -0.2) is 0 Å². The third kappa shape index (κ3) is 1.01. The summed E-state index contributed by atoms with van der Waals surface area (Å²) >= 11 is 0. The van der Waals surface area contributed by atoms with Gasteiger partial charge in [0.05, 0.1) is 12.3 Å². The second-order valence-electron chi connectivity index (χ2n) is 2.75. The quantitative estimate of drug-likeness (QED) is 0.468. The molecule has 14 heavy (non-hydrogen) atoms. The van der Waals surface area contributed by atoms with Crippen molar-refractivity contribution >= 4 is 21.5 Å². The van der Waals surface area contributed by atoms with Crippen LogP contribution in [0.2, 0.25) is 0 Å². The molecule has 0 saturated carbocycles. The van der Waals surface area contributed by atoms with Crippen molar-refractivity contribution in [2.75, 3.05) is 0 Å². The molecule has 0 aliphatic heterocycles. The first-order chi connectivity index (χ1) is 10.7. The van der Waals surface area contributed by atoms with Gasteiger partial charge in [0.2, 0.25) is 0 Å². The molecular weight excluding hydrogens is 168 g/mol. The second kappa shape index (κ2) is 2.85. The normalized spacial score (nSPS) is 19.9. The Kier molecular flexibility index (Phi) is 0.576. The average Bonchev–Trinajstić information content (AvgIpc) is 2.52. The fourth-order valence-electron chi connectivity index (χ4n) is 1.31. The van der Waals surface area contributed by atoms with Crippen molar-refractivity contribution in [3.63, 3.8) is 0 Å². The van der Waals surface area contributed by atoms with Gasteiger partial charge in [-0.3, -0.25) is 0 Å². The van der Waals surface area contributed by atoms with E-state index in [-0.39, 0.29) is 27.6 Å². The molecule has 0 heterocycles.